The molecule has 10 heteroatoms. The number of nitrogens with two attached hydrogens (primary N) is 1. The second-order valence-electron chi connectivity index (χ2n) is 9.37. The van der Waals surface area contributed by atoms with E-state index in [1.807, 2.05) is 0 Å². The van der Waals surface area contributed by atoms with Gasteiger partial charge in [0.25, 0.3) is 0 Å². The number of halogens is 1. The van der Waals surface area contributed by atoms with Gasteiger partial charge in [-0.15, -0.1) is 15.7 Å². The third kappa shape index (κ3) is 4.02. The number of carbonyl (C=O) groups excluding carboxylic acids is 1. The first-order valence-corrected chi connectivity index (χ1v) is 12.6. The molecule has 2 heterocycles. The van der Waals surface area contributed by atoms with Crippen molar-refractivity contribution in [1.29, 1.82) is 0 Å². The van der Waals surface area contributed by atoms with Gasteiger partial charge in [-0.1, -0.05) is 13.8 Å². The molecule has 4 rings (SSSR count). The fourth-order valence-corrected chi connectivity index (χ4v) is 6.62. The number of nitrogens with zero attached hydrogens (tertiary/aromatic N) is 2. The summed E-state index contributed by atoms with van der Waals surface area (Å²) in [5.41, 5.74) is 3.23. The molecular formula is C21H27FN4O3S2. The molecule has 2 aromatic rings. The second-order valence-corrected chi connectivity index (χ2v) is 12.4. The Morgan fingerprint density at radius 3 is 2.71 bits per heavy atom. The molecule has 4 N–H and O–H groups in total. The summed E-state index contributed by atoms with van der Waals surface area (Å²) in [7, 11) is -3.82. The Balaban J connectivity index is 1.71. The fraction of sp³-hybridized carbons (Fsp3) is 0.524. The predicted octanol–water partition coefficient (Wildman–Crippen LogP) is 4.15. The van der Waals surface area contributed by atoms with Gasteiger partial charge in [0, 0.05) is 16.0 Å². The molecule has 0 fully saturated rings. The first-order valence-electron chi connectivity index (χ1n) is 10.2. The maximum atomic E-state index is 14.4. The number of nitrogens with one attached hydrogen (secondary N) is 1. The van der Waals surface area contributed by atoms with Crippen molar-refractivity contribution in [2.75, 3.05) is 5.32 Å². The van der Waals surface area contributed by atoms with Gasteiger partial charge in [0.1, 0.15) is 0 Å². The number of fused-ring (bicyclic) bond motifs is 2. The average Bonchev–Trinajstić information content (AvgIpc) is 3.32. The molecule has 0 spiro atoms. The number of thiophene rings is 1. The van der Waals surface area contributed by atoms with Crippen molar-refractivity contribution >= 4 is 33.0 Å². The smallest absolute Gasteiger partial charge is 0.354 e. The molecule has 2 aliphatic carbocycles. The van der Waals surface area contributed by atoms with Crippen molar-refractivity contribution in [3.63, 3.8) is 0 Å². The van der Waals surface area contributed by atoms with Gasteiger partial charge < -0.3 is 10.4 Å². The lowest BCUT2D eigenvalue weighted by Gasteiger charge is -2.20. The van der Waals surface area contributed by atoms with Gasteiger partial charge in [0.2, 0.25) is 0 Å². The SMILES string of the molecule is CC(C)(O)c1cc(F)c([S@](N)(=O)=NC(=O)Nc2c3c(nc4c2CCC4(C)C)CCC3)s1. The van der Waals surface area contributed by atoms with Gasteiger partial charge in [0.05, 0.1) is 17.0 Å². The Labute approximate surface area is 185 Å². The highest BCUT2D eigenvalue weighted by Crippen LogP contribution is 2.44. The Hall–Kier alpha value is -1.88. The molecule has 0 saturated heterocycles. The Morgan fingerprint density at radius 1 is 1.35 bits per heavy atom. The zero-order valence-electron chi connectivity index (χ0n) is 18.0. The fourth-order valence-electron chi connectivity index (χ4n) is 4.28. The number of pyridine rings is 1. The largest absolute Gasteiger partial charge is 0.385 e. The van der Waals surface area contributed by atoms with Crippen LogP contribution in [0.2, 0.25) is 0 Å². The van der Waals surface area contributed by atoms with E-state index >= 15 is 0 Å². The third-order valence-electron chi connectivity index (χ3n) is 5.94. The Kier molecular flexibility index (Phi) is 5.28. The monoisotopic (exact) mass is 466 g/mol. The molecule has 0 bridgehead atoms. The first-order chi connectivity index (χ1) is 14.3. The summed E-state index contributed by atoms with van der Waals surface area (Å²) in [4.78, 5) is 17.9. The van der Waals surface area contributed by atoms with Crippen LogP contribution in [0.3, 0.4) is 0 Å². The minimum atomic E-state index is -3.82. The van der Waals surface area contributed by atoms with E-state index in [1.54, 1.807) is 0 Å². The zero-order chi connectivity index (χ0) is 22.8. The number of urea groups is 1. The molecule has 31 heavy (non-hydrogen) atoms. The topological polar surface area (TPSA) is 118 Å². The van der Waals surface area contributed by atoms with E-state index in [1.165, 1.54) is 13.8 Å². The molecule has 168 valence electrons. The van der Waals surface area contributed by atoms with Crippen LogP contribution in [0.15, 0.2) is 14.6 Å². The van der Waals surface area contributed by atoms with E-state index < -0.39 is 27.4 Å². The van der Waals surface area contributed by atoms with Crippen LogP contribution < -0.4 is 10.5 Å². The third-order valence-corrected chi connectivity index (χ3v) is 9.29. The van der Waals surface area contributed by atoms with E-state index in [9.17, 15) is 18.5 Å². The van der Waals surface area contributed by atoms with Gasteiger partial charge >= 0.3 is 6.03 Å². The number of hydrogen-bond donors (Lipinski definition) is 3. The summed E-state index contributed by atoms with van der Waals surface area (Å²) in [6.45, 7) is 7.23. The standard InChI is InChI=1S/C21H27FN4O3S2/c1-20(2)9-8-12-16(11-6-5-7-14(11)24-17(12)20)25-19(27)26-31(23,29)18-13(22)10-15(30-18)21(3,4)28/h10,28H,5-9H2,1-4H3,(H3,23,24,25,26,27,29)/t31-/m1/s1. The average molecular weight is 467 g/mol. The number of hydrogen-bond acceptors (Lipinski definition) is 5. The summed E-state index contributed by atoms with van der Waals surface area (Å²) >= 11 is 0.752. The van der Waals surface area contributed by atoms with Crippen LogP contribution in [0.4, 0.5) is 14.9 Å². The van der Waals surface area contributed by atoms with Crippen LogP contribution in [0.1, 0.15) is 67.9 Å². The number of aliphatic hydroxyl groups is 1. The molecule has 2 aliphatic rings. The highest BCUT2D eigenvalue weighted by molar-refractivity contribution is 7.93. The second kappa shape index (κ2) is 7.33. The van der Waals surface area contributed by atoms with Crippen molar-refractivity contribution in [2.45, 2.75) is 75.0 Å². The molecule has 2 aromatic heterocycles. The quantitative estimate of drug-likeness (QED) is 0.630. The molecule has 0 aromatic carbocycles. The maximum absolute atomic E-state index is 14.4. The van der Waals surface area contributed by atoms with E-state index in [-0.39, 0.29) is 14.5 Å². The number of amides is 2. The molecule has 0 unspecified atom stereocenters. The van der Waals surface area contributed by atoms with Gasteiger partial charge in [-0.3, -0.25) is 4.98 Å². The zero-order valence-corrected chi connectivity index (χ0v) is 19.7. The number of aryl methyl sites for hydroxylation is 1. The van der Waals surface area contributed by atoms with Crippen LogP contribution in [0, 0.1) is 5.82 Å². The van der Waals surface area contributed by atoms with E-state index in [0.717, 1.165) is 72.0 Å². The van der Waals surface area contributed by atoms with Crippen molar-refractivity contribution in [1.82, 2.24) is 4.98 Å². The van der Waals surface area contributed by atoms with Crippen LogP contribution in [0.25, 0.3) is 0 Å². The van der Waals surface area contributed by atoms with Crippen LogP contribution in [-0.2, 0) is 40.2 Å². The summed E-state index contributed by atoms with van der Waals surface area (Å²) in [6, 6.07) is 0.197. The van der Waals surface area contributed by atoms with Crippen molar-refractivity contribution in [2.24, 2.45) is 9.50 Å². The number of carbonyl (C=O) groups is 1. The van der Waals surface area contributed by atoms with E-state index in [0.29, 0.717) is 5.69 Å². The number of rotatable bonds is 3. The minimum Gasteiger partial charge on any atom is -0.385 e. The van der Waals surface area contributed by atoms with Crippen molar-refractivity contribution in [3.05, 3.63) is 39.3 Å². The van der Waals surface area contributed by atoms with E-state index in [2.05, 4.69) is 23.5 Å². The maximum Gasteiger partial charge on any atom is 0.354 e. The lowest BCUT2D eigenvalue weighted by molar-refractivity contribution is 0.0823. The summed E-state index contributed by atoms with van der Waals surface area (Å²) in [5, 5.41) is 18.7. The highest BCUT2D eigenvalue weighted by atomic mass is 32.2. The number of anilines is 1. The van der Waals surface area contributed by atoms with Crippen LogP contribution >= 0.6 is 11.3 Å². The molecule has 0 saturated carbocycles. The molecule has 0 aliphatic heterocycles. The minimum absolute atomic E-state index is 0.0847. The number of aromatic nitrogens is 1. The summed E-state index contributed by atoms with van der Waals surface area (Å²) in [5.74, 6) is -0.849. The van der Waals surface area contributed by atoms with Crippen molar-refractivity contribution < 1.29 is 18.5 Å². The Bertz CT molecular complexity index is 1200. The predicted molar refractivity (Wildman–Crippen MR) is 119 cm³/mol. The lowest BCUT2D eigenvalue weighted by Crippen LogP contribution is -2.20. The van der Waals surface area contributed by atoms with Crippen LogP contribution in [-0.4, -0.2) is 20.3 Å². The van der Waals surface area contributed by atoms with Gasteiger partial charge in [-0.2, -0.15) is 0 Å². The van der Waals surface area contributed by atoms with Gasteiger partial charge in [-0.05, 0) is 63.1 Å². The van der Waals surface area contributed by atoms with Gasteiger partial charge in [-0.25, -0.2) is 18.5 Å². The van der Waals surface area contributed by atoms with E-state index in [4.69, 9.17) is 10.1 Å². The normalized spacial score (nSPS) is 18.9. The first kappa shape index (κ1) is 22.3. The highest BCUT2D eigenvalue weighted by Gasteiger charge is 2.36. The molecule has 2 amide bonds. The molecular weight excluding hydrogens is 439 g/mol. The lowest BCUT2D eigenvalue weighted by atomic mass is 9.90. The van der Waals surface area contributed by atoms with Gasteiger partial charge in [0.15, 0.2) is 19.9 Å². The summed E-state index contributed by atoms with van der Waals surface area (Å²) < 4.78 is 30.6. The Morgan fingerprint density at radius 2 is 2.06 bits per heavy atom. The van der Waals surface area contributed by atoms with Crippen LogP contribution in [0.5, 0.6) is 0 Å². The van der Waals surface area contributed by atoms with Crippen molar-refractivity contribution in [3.8, 4) is 0 Å². The molecule has 7 nitrogen and oxygen atoms in total. The molecule has 0 radical (unpaired) electrons. The summed E-state index contributed by atoms with van der Waals surface area (Å²) in [6.07, 6.45) is 4.32. The molecule has 1 atom stereocenters.